The topological polar surface area (TPSA) is 92.4 Å². The van der Waals surface area contributed by atoms with E-state index < -0.39 is 6.03 Å². The Kier molecular flexibility index (Phi) is 5.51. The minimum atomic E-state index is -0.827. The van der Waals surface area contributed by atoms with Crippen molar-refractivity contribution in [3.63, 3.8) is 0 Å². The molecule has 0 aliphatic rings. The zero-order valence-corrected chi connectivity index (χ0v) is 10.00. The summed E-state index contributed by atoms with van der Waals surface area (Å²) in [7, 11) is 0. The molecule has 0 heterocycles. The molecule has 0 fully saturated rings. The average molecular weight is 254 g/mol. The molecule has 0 aliphatic heterocycles. The molecule has 6 heteroatoms. The first-order chi connectivity index (χ1) is 8.11. The van der Waals surface area contributed by atoms with Gasteiger partial charge < -0.3 is 10.8 Å². The highest BCUT2D eigenvalue weighted by Crippen LogP contribution is 2.19. The van der Waals surface area contributed by atoms with Crippen molar-refractivity contribution in [2.75, 3.05) is 5.75 Å². The summed E-state index contributed by atoms with van der Waals surface area (Å²) in [6.45, 7) is 0.0198. The normalized spacial score (nSPS) is 9.94. The van der Waals surface area contributed by atoms with Crippen molar-refractivity contribution in [2.45, 2.75) is 17.9 Å². The van der Waals surface area contributed by atoms with Crippen LogP contribution in [0.2, 0.25) is 0 Å². The molecule has 5 nitrogen and oxygen atoms in total. The number of thioether (sulfide) groups is 1. The second kappa shape index (κ2) is 6.93. The fourth-order valence-corrected chi connectivity index (χ4v) is 2.00. The molecule has 0 saturated carbocycles. The van der Waals surface area contributed by atoms with Crippen LogP contribution in [0.5, 0.6) is 0 Å². The van der Waals surface area contributed by atoms with E-state index in [1.54, 1.807) is 0 Å². The monoisotopic (exact) mass is 254 g/mol. The predicted molar refractivity (Wildman–Crippen MR) is 65.4 cm³/mol. The number of hydrogen-bond acceptors (Lipinski definition) is 4. The number of primary amides is 1. The fourth-order valence-electron chi connectivity index (χ4n) is 1.15. The number of rotatable bonds is 5. The molecule has 17 heavy (non-hydrogen) atoms. The number of amides is 3. The van der Waals surface area contributed by atoms with Crippen LogP contribution in [0.15, 0.2) is 29.2 Å². The summed E-state index contributed by atoms with van der Waals surface area (Å²) in [4.78, 5) is 22.5. The highest BCUT2D eigenvalue weighted by atomic mass is 32.2. The molecule has 4 N–H and O–H groups in total. The summed E-state index contributed by atoms with van der Waals surface area (Å²) in [5, 5.41) is 10.9. The van der Waals surface area contributed by atoms with Crippen LogP contribution in [0.25, 0.3) is 0 Å². The molecule has 0 unspecified atom stereocenters. The maximum Gasteiger partial charge on any atom is 0.318 e. The summed E-state index contributed by atoms with van der Waals surface area (Å²) in [6, 6.07) is 6.58. The Hall–Kier alpha value is -1.53. The van der Waals surface area contributed by atoms with Crippen molar-refractivity contribution in [3.8, 4) is 0 Å². The van der Waals surface area contributed by atoms with Gasteiger partial charge in [0.1, 0.15) is 0 Å². The quantitative estimate of drug-likeness (QED) is 0.679. The Balaban J connectivity index is 2.30. The van der Waals surface area contributed by atoms with E-state index in [2.05, 4.69) is 0 Å². The number of aliphatic hydroxyl groups is 1. The van der Waals surface area contributed by atoms with Gasteiger partial charge in [-0.05, 0) is 17.7 Å². The van der Waals surface area contributed by atoms with Gasteiger partial charge in [0, 0.05) is 17.1 Å². The maximum atomic E-state index is 11.1. The van der Waals surface area contributed by atoms with Gasteiger partial charge in [0.2, 0.25) is 5.91 Å². The third-order valence-electron chi connectivity index (χ3n) is 1.97. The predicted octanol–water partition coefficient (Wildman–Crippen LogP) is 0.856. The Labute approximate surface area is 103 Å². The van der Waals surface area contributed by atoms with E-state index >= 15 is 0 Å². The van der Waals surface area contributed by atoms with Crippen LogP contribution in [-0.4, -0.2) is 22.8 Å². The fraction of sp³-hybridized carbons (Fsp3) is 0.273. The molecule has 92 valence electrons. The smallest absolute Gasteiger partial charge is 0.318 e. The lowest BCUT2D eigenvalue weighted by molar-refractivity contribution is -0.119. The second-order valence-corrected chi connectivity index (χ2v) is 4.48. The molecular weight excluding hydrogens is 240 g/mol. The molecule has 0 bridgehead atoms. The van der Waals surface area contributed by atoms with Gasteiger partial charge in [-0.2, -0.15) is 0 Å². The zero-order valence-electron chi connectivity index (χ0n) is 9.18. The molecule has 0 aromatic heterocycles. The minimum absolute atomic E-state index is 0.0198. The molecule has 1 aromatic rings. The van der Waals surface area contributed by atoms with Crippen molar-refractivity contribution in [1.82, 2.24) is 5.32 Å². The lowest BCUT2D eigenvalue weighted by Gasteiger charge is -2.02. The van der Waals surface area contributed by atoms with Gasteiger partial charge in [-0.3, -0.25) is 10.1 Å². The lowest BCUT2D eigenvalue weighted by atomic mass is 10.2. The van der Waals surface area contributed by atoms with Crippen LogP contribution in [0, 0.1) is 0 Å². The standard InChI is InChI=1S/C11H14N2O3S/c12-11(16)13-10(15)5-6-17-9-3-1-8(7-14)2-4-9/h1-4,14H,5-7H2,(H3,12,13,15,16). The third-order valence-corrected chi connectivity index (χ3v) is 2.98. The van der Waals surface area contributed by atoms with Crippen LogP contribution in [-0.2, 0) is 11.4 Å². The number of aliphatic hydroxyl groups excluding tert-OH is 1. The molecule has 0 radical (unpaired) electrons. The van der Waals surface area contributed by atoms with Crippen molar-refractivity contribution < 1.29 is 14.7 Å². The largest absolute Gasteiger partial charge is 0.392 e. The Bertz CT molecular complexity index is 392. The Morgan fingerprint density at radius 2 is 1.94 bits per heavy atom. The van der Waals surface area contributed by atoms with Gasteiger partial charge in [0.05, 0.1) is 6.61 Å². The third kappa shape index (κ3) is 5.37. The van der Waals surface area contributed by atoms with Crippen LogP contribution in [0.4, 0.5) is 4.79 Å². The average Bonchev–Trinajstić information content (AvgIpc) is 2.29. The number of nitrogens with two attached hydrogens (primary N) is 1. The first-order valence-electron chi connectivity index (χ1n) is 5.03. The Morgan fingerprint density at radius 3 is 2.47 bits per heavy atom. The number of hydrogen-bond donors (Lipinski definition) is 3. The highest BCUT2D eigenvalue weighted by molar-refractivity contribution is 7.99. The summed E-state index contributed by atoms with van der Waals surface area (Å²) in [5.41, 5.74) is 5.65. The van der Waals surface area contributed by atoms with Crippen molar-refractivity contribution >= 4 is 23.7 Å². The van der Waals surface area contributed by atoms with E-state index in [-0.39, 0.29) is 18.9 Å². The van der Waals surface area contributed by atoms with E-state index in [4.69, 9.17) is 10.8 Å². The molecule has 0 aliphatic carbocycles. The van der Waals surface area contributed by atoms with E-state index in [0.717, 1.165) is 10.5 Å². The van der Waals surface area contributed by atoms with Gasteiger partial charge in [0.25, 0.3) is 0 Å². The first-order valence-corrected chi connectivity index (χ1v) is 6.02. The number of carbonyl (C=O) groups is 2. The van der Waals surface area contributed by atoms with Gasteiger partial charge in [-0.25, -0.2) is 4.79 Å². The van der Waals surface area contributed by atoms with E-state index in [0.29, 0.717) is 5.75 Å². The number of imide groups is 1. The van der Waals surface area contributed by atoms with E-state index in [1.807, 2.05) is 29.6 Å². The molecule has 1 rings (SSSR count). The van der Waals surface area contributed by atoms with Gasteiger partial charge in [-0.1, -0.05) is 12.1 Å². The van der Waals surface area contributed by atoms with Gasteiger partial charge in [-0.15, -0.1) is 11.8 Å². The van der Waals surface area contributed by atoms with Gasteiger partial charge >= 0.3 is 6.03 Å². The first kappa shape index (κ1) is 13.5. The molecule has 1 aromatic carbocycles. The number of nitrogens with one attached hydrogen (secondary N) is 1. The van der Waals surface area contributed by atoms with Crippen molar-refractivity contribution in [3.05, 3.63) is 29.8 Å². The summed E-state index contributed by atoms with van der Waals surface area (Å²) in [6.07, 6.45) is 0.232. The zero-order chi connectivity index (χ0) is 12.7. The molecule has 3 amide bonds. The lowest BCUT2D eigenvalue weighted by Crippen LogP contribution is -2.35. The second-order valence-electron chi connectivity index (χ2n) is 3.31. The highest BCUT2D eigenvalue weighted by Gasteiger charge is 2.04. The molecule has 0 saturated heterocycles. The molecular formula is C11H14N2O3S. The summed E-state index contributed by atoms with van der Waals surface area (Å²) < 4.78 is 0. The molecule has 0 spiro atoms. The van der Waals surface area contributed by atoms with E-state index in [9.17, 15) is 9.59 Å². The maximum absolute atomic E-state index is 11.1. The SMILES string of the molecule is NC(=O)NC(=O)CCSc1ccc(CO)cc1. The summed E-state index contributed by atoms with van der Waals surface area (Å²) in [5.74, 6) is 0.189. The van der Waals surface area contributed by atoms with Crippen molar-refractivity contribution in [1.29, 1.82) is 0 Å². The Morgan fingerprint density at radius 1 is 1.29 bits per heavy atom. The van der Waals surface area contributed by atoms with Crippen LogP contribution in [0.3, 0.4) is 0 Å². The van der Waals surface area contributed by atoms with E-state index in [1.165, 1.54) is 11.8 Å². The van der Waals surface area contributed by atoms with Crippen LogP contribution < -0.4 is 11.1 Å². The summed E-state index contributed by atoms with van der Waals surface area (Å²) >= 11 is 1.50. The number of carbonyl (C=O) groups excluding carboxylic acids is 2. The van der Waals surface area contributed by atoms with Crippen LogP contribution in [0.1, 0.15) is 12.0 Å². The van der Waals surface area contributed by atoms with Crippen LogP contribution >= 0.6 is 11.8 Å². The number of benzene rings is 1. The minimum Gasteiger partial charge on any atom is -0.392 e. The number of urea groups is 1. The molecule has 0 atom stereocenters. The van der Waals surface area contributed by atoms with Gasteiger partial charge in [0.15, 0.2) is 0 Å². The van der Waals surface area contributed by atoms with Crippen molar-refractivity contribution in [2.24, 2.45) is 5.73 Å².